The fourth-order valence-electron chi connectivity index (χ4n) is 2.24. The Kier molecular flexibility index (Phi) is 6.82. The molecule has 3 nitrogen and oxygen atoms in total. The lowest BCUT2D eigenvalue weighted by Crippen LogP contribution is -2.35. The second-order valence-corrected chi connectivity index (χ2v) is 6.48. The van der Waals surface area contributed by atoms with Crippen LogP contribution in [0.2, 0.25) is 0 Å². The summed E-state index contributed by atoms with van der Waals surface area (Å²) in [5.41, 5.74) is 1.12. The molecule has 0 radical (unpaired) electrons. The molecule has 21 heavy (non-hydrogen) atoms. The van der Waals surface area contributed by atoms with Crippen molar-refractivity contribution in [1.82, 2.24) is 5.32 Å². The van der Waals surface area contributed by atoms with Gasteiger partial charge in [-0.05, 0) is 36.5 Å². The second-order valence-electron chi connectivity index (χ2n) is 6.48. The van der Waals surface area contributed by atoms with E-state index in [1.54, 1.807) is 12.1 Å². The number of hydrogen-bond acceptors (Lipinski definition) is 3. The van der Waals surface area contributed by atoms with Crippen LogP contribution in [0.1, 0.15) is 46.1 Å². The Hall–Kier alpha value is -1.42. The molecule has 0 heterocycles. The van der Waals surface area contributed by atoms with Crippen LogP contribution in [0.5, 0.6) is 0 Å². The summed E-state index contributed by atoms with van der Waals surface area (Å²) in [7, 11) is 0. The van der Waals surface area contributed by atoms with E-state index in [-0.39, 0.29) is 23.2 Å². The van der Waals surface area contributed by atoms with Crippen LogP contribution in [0.4, 0.5) is 4.39 Å². The molecule has 1 N–H and O–H groups in total. The summed E-state index contributed by atoms with van der Waals surface area (Å²) >= 11 is 0. The molecule has 1 atom stereocenters. The fourth-order valence-corrected chi connectivity index (χ4v) is 2.24. The monoisotopic (exact) mass is 295 g/mol. The van der Waals surface area contributed by atoms with Gasteiger partial charge in [-0.3, -0.25) is 4.79 Å². The summed E-state index contributed by atoms with van der Waals surface area (Å²) in [4.78, 5) is 11.7. The van der Waals surface area contributed by atoms with Crippen molar-refractivity contribution in [1.29, 1.82) is 0 Å². The molecular weight excluding hydrogens is 269 g/mol. The van der Waals surface area contributed by atoms with Gasteiger partial charge in [0.25, 0.3) is 0 Å². The molecular formula is C17H26FNO2. The summed E-state index contributed by atoms with van der Waals surface area (Å²) in [6.45, 7) is 9.25. The van der Waals surface area contributed by atoms with Crippen molar-refractivity contribution in [2.24, 2.45) is 5.41 Å². The first-order valence-electron chi connectivity index (χ1n) is 7.43. The van der Waals surface area contributed by atoms with E-state index in [2.05, 4.69) is 26.1 Å². The van der Waals surface area contributed by atoms with Crippen molar-refractivity contribution < 1.29 is 13.9 Å². The lowest BCUT2D eigenvalue weighted by atomic mass is 9.87. The summed E-state index contributed by atoms with van der Waals surface area (Å²) in [6.07, 6.45) is 1.22. The molecule has 0 aromatic heterocycles. The average molecular weight is 295 g/mol. The standard InChI is InChI=1S/C17H26FNO2/c1-5-21-16(20)10-15(11-17(2,3)4)19-12-13-6-8-14(18)9-7-13/h6-9,15,19H,5,10-12H2,1-4H3. The number of nitrogens with one attached hydrogen (secondary N) is 1. The van der Waals surface area contributed by atoms with Crippen molar-refractivity contribution in [2.45, 2.75) is 53.1 Å². The van der Waals surface area contributed by atoms with Crippen LogP contribution >= 0.6 is 0 Å². The lowest BCUT2D eigenvalue weighted by Gasteiger charge is -2.26. The van der Waals surface area contributed by atoms with Crippen molar-refractivity contribution >= 4 is 5.97 Å². The highest BCUT2D eigenvalue weighted by atomic mass is 19.1. The smallest absolute Gasteiger partial charge is 0.307 e. The third-order valence-corrected chi connectivity index (χ3v) is 3.09. The number of benzene rings is 1. The van der Waals surface area contributed by atoms with Crippen LogP contribution in [0.15, 0.2) is 24.3 Å². The number of ether oxygens (including phenoxy) is 1. The molecule has 1 aromatic rings. The zero-order valence-corrected chi connectivity index (χ0v) is 13.4. The largest absolute Gasteiger partial charge is 0.466 e. The van der Waals surface area contributed by atoms with E-state index < -0.39 is 0 Å². The SMILES string of the molecule is CCOC(=O)CC(CC(C)(C)C)NCc1ccc(F)cc1. The summed E-state index contributed by atoms with van der Waals surface area (Å²) in [5.74, 6) is -0.421. The summed E-state index contributed by atoms with van der Waals surface area (Å²) in [6, 6.07) is 6.44. The summed E-state index contributed by atoms with van der Waals surface area (Å²) < 4.78 is 17.9. The number of carbonyl (C=O) groups is 1. The molecule has 4 heteroatoms. The number of carbonyl (C=O) groups excluding carboxylic acids is 1. The maximum atomic E-state index is 12.9. The zero-order valence-electron chi connectivity index (χ0n) is 13.4. The molecule has 0 aliphatic rings. The Labute approximate surface area is 126 Å². The number of halogens is 1. The van der Waals surface area contributed by atoms with Crippen LogP contribution in [-0.4, -0.2) is 18.6 Å². The Morgan fingerprint density at radius 1 is 1.29 bits per heavy atom. The molecule has 1 unspecified atom stereocenters. The molecule has 1 rings (SSSR count). The molecule has 0 amide bonds. The van der Waals surface area contributed by atoms with Crippen molar-refractivity contribution in [3.8, 4) is 0 Å². The van der Waals surface area contributed by atoms with Crippen molar-refractivity contribution in [2.75, 3.05) is 6.61 Å². The van der Waals surface area contributed by atoms with Gasteiger partial charge >= 0.3 is 5.97 Å². The first kappa shape index (κ1) is 17.6. The minimum atomic E-state index is -0.239. The predicted molar refractivity (Wildman–Crippen MR) is 82.3 cm³/mol. The van der Waals surface area contributed by atoms with Crippen molar-refractivity contribution in [3.63, 3.8) is 0 Å². The third kappa shape index (κ3) is 7.81. The topological polar surface area (TPSA) is 38.3 Å². The first-order chi connectivity index (χ1) is 9.80. The van der Waals surface area contributed by atoms with Gasteiger partial charge in [0, 0.05) is 12.6 Å². The van der Waals surface area contributed by atoms with Gasteiger partial charge in [0.2, 0.25) is 0 Å². The van der Waals surface area contributed by atoms with E-state index >= 15 is 0 Å². The zero-order chi connectivity index (χ0) is 15.9. The van der Waals surface area contributed by atoms with E-state index in [1.165, 1.54) is 12.1 Å². The highest BCUT2D eigenvalue weighted by Gasteiger charge is 2.21. The number of esters is 1. The maximum absolute atomic E-state index is 12.9. The minimum absolute atomic E-state index is 0.0501. The predicted octanol–water partition coefficient (Wildman–Crippen LogP) is 3.67. The highest BCUT2D eigenvalue weighted by molar-refractivity contribution is 5.70. The first-order valence-corrected chi connectivity index (χ1v) is 7.43. The van der Waals surface area contributed by atoms with Gasteiger partial charge in [-0.1, -0.05) is 32.9 Å². The Morgan fingerprint density at radius 2 is 1.90 bits per heavy atom. The Balaban J connectivity index is 2.59. The quantitative estimate of drug-likeness (QED) is 0.780. The lowest BCUT2D eigenvalue weighted by molar-refractivity contribution is -0.143. The fraction of sp³-hybridized carbons (Fsp3) is 0.588. The van der Waals surface area contributed by atoms with Gasteiger partial charge in [0.1, 0.15) is 5.82 Å². The number of hydrogen-bond donors (Lipinski definition) is 1. The van der Waals surface area contributed by atoms with E-state index in [4.69, 9.17) is 4.74 Å². The second kappa shape index (κ2) is 8.13. The van der Waals surface area contributed by atoms with Gasteiger partial charge < -0.3 is 10.1 Å². The molecule has 0 bridgehead atoms. The molecule has 0 fully saturated rings. The van der Waals surface area contributed by atoms with Crippen LogP contribution < -0.4 is 5.32 Å². The van der Waals surface area contributed by atoms with Crippen molar-refractivity contribution in [3.05, 3.63) is 35.6 Å². The minimum Gasteiger partial charge on any atom is -0.466 e. The van der Waals surface area contributed by atoms with Crippen LogP contribution in [0.3, 0.4) is 0 Å². The molecule has 0 spiro atoms. The Bertz CT molecular complexity index is 437. The molecule has 0 saturated heterocycles. The van der Waals surface area contributed by atoms with Crippen LogP contribution in [0.25, 0.3) is 0 Å². The molecule has 0 aliphatic carbocycles. The van der Waals surface area contributed by atoms with Gasteiger partial charge in [0.05, 0.1) is 13.0 Å². The normalized spacial score (nSPS) is 13.0. The van der Waals surface area contributed by atoms with Gasteiger partial charge in [-0.15, -0.1) is 0 Å². The van der Waals surface area contributed by atoms with Gasteiger partial charge in [-0.2, -0.15) is 0 Å². The van der Waals surface area contributed by atoms with E-state index in [9.17, 15) is 9.18 Å². The van der Waals surface area contributed by atoms with E-state index in [1.807, 2.05) is 6.92 Å². The third-order valence-electron chi connectivity index (χ3n) is 3.09. The molecule has 0 saturated carbocycles. The van der Waals surface area contributed by atoms with Gasteiger partial charge in [-0.25, -0.2) is 4.39 Å². The summed E-state index contributed by atoms with van der Waals surface area (Å²) in [5, 5.41) is 3.38. The van der Waals surface area contributed by atoms with E-state index in [0.29, 0.717) is 19.6 Å². The molecule has 0 aliphatic heterocycles. The molecule has 118 valence electrons. The van der Waals surface area contributed by atoms with Crippen LogP contribution in [0, 0.1) is 11.2 Å². The average Bonchev–Trinajstić information content (AvgIpc) is 2.36. The molecule has 1 aromatic carbocycles. The number of rotatable bonds is 7. The Morgan fingerprint density at radius 3 is 2.43 bits per heavy atom. The van der Waals surface area contributed by atoms with Crippen LogP contribution in [-0.2, 0) is 16.1 Å². The maximum Gasteiger partial charge on any atom is 0.307 e. The van der Waals surface area contributed by atoms with E-state index in [0.717, 1.165) is 12.0 Å². The van der Waals surface area contributed by atoms with Gasteiger partial charge in [0.15, 0.2) is 0 Å². The highest BCUT2D eigenvalue weighted by Crippen LogP contribution is 2.22.